The Morgan fingerprint density at radius 3 is 2.54 bits per heavy atom. The lowest BCUT2D eigenvalue weighted by Crippen LogP contribution is -2.52. The smallest absolute Gasteiger partial charge is 0.243 e. The molecule has 7 heteroatoms. The molecular formula is C21H33N5O2. The lowest BCUT2D eigenvalue weighted by molar-refractivity contribution is -0.140. The number of amides is 2. The van der Waals surface area contributed by atoms with Gasteiger partial charge in [-0.25, -0.2) is 0 Å². The molecule has 2 amide bonds. The molecule has 0 bridgehead atoms. The lowest BCUT2D eigenvalue weighted by atomic mass is 10.0. The fourth-order valence-corrected chi connectivity index (χ4v) is 3.60. The standard InChI is InChI=1S/C21H33N5O2/c1-4-24-17(12-14(2)3)21(28)26-11-5-6-18(26)20(27)25-13-15-7-9-16(10-8-15)19(22)23/h7-10,14,17-18,24H,4-6,11-13H2,1-3H3,(H3,22,23)(H,25,27)/t17?,18-/m0/s1. The normalized spacial score (nSPS) is 17.6. The number of carbonyl (C=O) groups is 2. The molecule has 1 aromatic rings. The number of hydrogen-bond donors (Lipinski definition) is 4. The van der Waals surface area contributed by atoms with Crippen LogP contribution in [0.3, 0.4) is 0 Å². The van der Waals surface area contributed by atoms with Crippen LogP contribution in [0.5, 0.6) is 0 Å². The van der Waals surface area contributed by atoms with Crippen molar-refractivity contribution in [2.75, 3.05) is 13.1 Å². The highest BCUT2D eigenvalue weighted by molar-refractivity contribution is 5.95. The Hall–Kier alpha value is -2.41. The van der Waals surface area contributed by atoms with Gasteiger partial charge in [0.2, 0.25) is 11.8 Å². The van der Waals surface area contributed by atoms with Crippen molar-refractivity contribution >= 4 is 17.6 Å². The van der Waals surface area contributed by atoms with E-state index in [4.69, 9.17) is 11.1 Å². The minimum Gasteiger partial charge on any atom is -0.384 e. The summed E-state index contributed by atoms with van der Waals surface area (Å²) in [5.41, 5.74) is 7.04. The van der Waals surface area contributed by atoms with Crippen LogP contribution in [0.25, 0.3) is 0 Å². The lowest BCUT2D eigenvalue weighted by Gasteiger charge is -2.29. The highest BCUT2D eigenvalue weighted by atomic mass is 16.2. The molecule has 0 aliphatic carbocycles. The minimum absolute atomic E-state index is 0.0207. The van der Waals surface area contributed by atoms with Crippen molar-refractivity contribution in [3.8, 4) is 0 Å². The zero-order valence-corrected chi connectivity index (χ0v) is 17.1. The SMILES string of the molecule is CCNC(CC(C)C)C(=O)N1CCC[C@H]1C(=O)NCc1ccc(C(=N)N)cc1. The number of rotatable bonds is 9. The van der Waals surface area contributed by atoms with Crippen LogP contribution in [0.15, 0.2) is 24.3 Å². The first-order valence-corrected chi connectivity index (χ1v) is 10.1. The molecule has 5 N–H and O–H groups in total. The van der Waals surface area contributed by atoms with Gasteiger partial charge < -0.3 is 21.3 Å². The molecule has 7 nitrogen and oxygen atoms in total. The van der Waals surface area contributed by atoms with Crippen LogP contribution in [0.2, 0.25) is 0 Å². The molecule has 0 aromatic heterocycles. The molecule has 28 heavy (non-hydrogen) atoms. The number of benzene rings is 1. The second-order valence-corrected chi connectivity index (χ2v) is 7.76. The van der Waals surface area contributed by atoms with Crippen LogP contribution in [-0.4, -0.2) is 47.7 Å². The maximum absolute atomic E-state index is 13.0. The highest BCUT2D eigenvalue weighted by Crippen LogP contribution is 2.20. The van der Waals surface area contributed by atoms with Gasteiger partial charge in [0.05, 0.1) is 6.04 Å². The number of amidine groups is 1. The van der Waals surface area contributed by atoms with E-state index in [-0.39, 0.29) is 23.7 Å². The van der Waals surface area contributed by atoms with Gasteiger partial charge in [0, 0.05) is 18.7 Å². The van der Waals surface area contributed by atoms with Crippen molar-refractivity contribution in [1.82, 2.24) is 15.5 Å². The van der Waals surface area contributed by atoms with E-state index < -0.39 is 6.04 Å². The molecule has 1 heterocycles. The average molecular weight is 388 g/mol. The fraction of sp³-hybridized carbons (Fsp3) is 0.571. The summed E-state index contributed by atoms with van der Waals surface area (Å²) in [6, 6.07) is 6.58. The zero-order valence-electron chi connectivity index (χ0n) is 17.1. The van der Waals surface area contributed by atoms with Crippen molar-refractivity contribution in [1.29, 1.82) is 5.41 Å². The number of nitrogen functional groups attached to an aromatic ring is 1. The summed E-state index contributed by atoms with van der Waals surface area (Å²) < 4.78 is 0. The Kier molecular flexibility index (Phi) is 7.99. The van der Waals surface area contributed by atoms with E-state index in [0.29, 0.717) is 31.0 Å². The molecule has 0 spiro atoms. The first kappa shape index (κ1) is 21.9. The number of likely N-dealkylation sites (N-methyl/N-ethyl adjacent to an activating group) is 1. The second-order valence-electron chi connectivity index (χ2n) is 7.76. The predicted molar refractivity (Wildman–Crippen MR) is 111 cm³/mol. The topological polar surface area (TPSA) is 111 Å². The molecule has 1 fully saturated rings. The molecule has 154 valence electrons. The van der Waals surface area contributed by atoms with Crippen molar-refractivity contribution in [3.63, 3.8) is 0 Å². The van der Waals surface area contributed by atoms with Gasteiger partial charge >= 0.3 is 0 Å². The number of likely N-dealkylation sites (tertiary alicyclic amines) is 1. The summed E-state index contributed by atoms with van der Waals surface area (Å²) in [5, 5.41) is 13.6. The molecular weight excluding hydrogens is 354 g/mol. The maximum atomic E-state index is 13.0. The predicted octanol–water partition coefficient (Wildman–Crippen LogP) is 1.60. The number of nitrogens with zero attached hydrogens (tertiary/aromatic N) is 1. The van der Waals surface area contributed by atoms with Gasteiger partial charge in [-0.3, -0.25) is 15.0 Å². The van der Waals surface area contributed by atoms with E-state index in [1.165, 1.54) is 0 Å². The summed E-state index contributed by atoms with van der Waals surface area (Å²) in [4.78, 5) is 27.5. The van der Waals surface area contributed by atoms with Crippen molar-refractivity contribution in [3.05, 3.63) is 35.4 Å². The van der Waals surface area contributed by atoms with E-state index in [2.05, 4.69) is 24.5 Å². The van der Waals surface area contributed by atoms with Gasteiger partial charge in [0.25, 0.3) is 0 Å². The number of nitrogens with two attached hydrogens (primary N) is 1. The average Bonchev–Trinajstić information content (AvgIpc) is 3.15. The third kappa shape index (κ3) is 5.79. The number of carbonyl (C=O) groups excluding carboxylic acids is 2. The first-order chi connectivity index (χ1) is 13.3. The molecule has 1 saturated heterocycles. The van der Waals surface area contributed by atoms with Crippen molar-refractivity contribution in [2.24, 2.45) is 11.7 Å². The fourth-order valence-electron chi connectivity index (χ4n) is 3.60. The molecule has 1 aliphatic heterocycles. The molecule has 2 atom stereocenters. The number of nitrogens with one attached hydrogen (secondary N) is 3. The van der Waals surface area contributed by atoms with Crippen molar-refractivity contribution < 1.29 is 9.59 Å². The van der Waals surface area contributed by atoms with E-state index in [1.54, 1.807) is 17.0 Å². The molecule has 0 saturated carbocycles. The van der Waals surface area contributed by atoms with Gasteiger partial charge in [-0.15, -0.1) is 0 Å². The molecule has 1 unspecified atom stereocenters. The molecule has 0 radical (unpaired) electrons. The van der Waals surface area contributed by atoms with E-state index in [0.717, 1.165) is 24.9 Å². The quantitative estimate of drug-likeness (QED) is 0.381. The van der Waals surface area contributed by atoms with Gasteiger partial charge in [-0.1, -0.05) is 45.0 Å². The van der Waals surface area contributed by atoms with Crippen LogP contribution in [-0.2, 0) is 16.1 Å². The van der Waals surface area contributed by atoms with Crippen LogP contribution < -0.4 is 16.4 Å². The third-order valence-corrected chi connectivity index (χ3v) is 5.03. The largest absolute Gasteiger partial charge is 0.384 e. The third-order valence-electron chi connectivity index (χ3n) is 5.03. The zero-order chi connectivity index (χ0) is 20.7. The molecule has 2 rings (SSSR count). The van der Waals surface area contributed by atoms with Crippen molar-refractivity contribution in [2.45, 2.75) is 58.7 Å². The van der Waals surface area contributed by atoms with Crippen LogP contribution in [0, 0.1) is 11.3 Å². The van der Waals surface area contributed by atoms with Crippen LogP contribution in [0.4, 0.5) is 0 Å². The highest BCUT2D eigenvalue weighted by Gasteiger charge is 2.36. The Balaban J connectivity index is 1.97. The first-order valence-electron chi connectivity index (χ1n) is 10.1. The Bertz CT molecular complexity index is 687. The van der Waals surface area contributed by atoms with Crippen LogP contribution >= 0.6 is 0 Å². The summed E-state index contributed by atoms with van der Waals surface area (Å²) in [5.74, 6) is 0.341. The van der Waals surface area contributed by atoms with E-state index in [1.807, 2.05) is 19.1 Å². The molecule has 1 aromatic carbocycles. The van der Waals surface area contributed by atoms with E-state index in [9.17, 15) is 9.59 Å². The van der Waals surface area contributed by atoms with E-state index >= 15 is 0 Å². The Morgan fingerprint density at radius 1 is 1.29 bits per heavy atom. The van der Waals surface area contributed by atoms with Gasteiger partial charge in [0.15, 0.2) is 0 Å². The Morgan fingerprint density at radius 2 is 1.96 bits per heavy atom. The summed E-state index contributed by atoms with van der Waals surface area (Å²) in [6.07, 6.45) is 2.30. The van der Waals surface area contributed by atoms with Gasteiger partial charge in [-0.05, 0) is 37.3 Å². The summed E-state index contributed by atoms with van der Waals surface area (Å²) in [7, 11) is 0. The monoisotopic (exact) mass is 387 g/mol. The second kappa shape index (κ2) is 10.2. The number of hydrogen-bond acceptors (Lipinski definition) is 4. The minimum atomic E-state index is -0.405. The summed E-state index contributed by atoms with van der Waals surface area (Å²) >= 11 is 0. The van der Waals surface area contributed by atoms with Crippen LogP contribution in [0.1, 0.15) is 51.2 Å². The maximum Gasteiger partial charge on any atom is 0.243 e. The van der Waals surface area contributed by atoms with Gasteiger partial charge in [0.1, 0.15) is 11.9 Å². The van der Waals surface area contributed by atoms with Gasteiger partial charge in [-0.2, -0.15) is 0 Å². The molecule has 1 aliphatic rings. The Labute approximate surface area is 167 Å². The summed E-state index contributed by atoms with van der Waals surface area (Å²) in [6.45, 7) is 7.94.